The Hall–Kier alpha value is -4.23. The first-order valence-electron chi connectivity index (χ1n) is 9.87. The maximum absolute atomic E-state index is 13.5. The van der Waals surface area contributed by atoms with Crippen LogP contribution in [0.1, 0.15) is 27.0 Å². The molecular formula is C25H17ClN2O5. The number of aryl methyl sites for hydroxylation is 1. The van der Waals surface area contributed by atoms with E-state index in [1.54, 1.807) is 24.3 Å². The molecule has 0 aliphatic carbocycles. The number of carboxylic acids is 1. The summed E-state index contributed by atoms with van der Waals surface area (Å²) >= 11 is 6.38. The minimum Gasteiger partial charge on any atom is -0.478 e. The summed E-state index contributed by atoms with van der Waals surface area (Å²) in [5.41, 5.74) is 3.47. The van der Waals surface area contributed by atoms with Crippen molar-refractivity contribution < 1.29 is 19.6 Å². The summed E-state index contributed by atoms with van der Waals surface area (Å²) in [6.45, 7) is 1.95. The van der Waals surface area contributed by atoms with Gasteiger partial charge in [0.25, 0.3) is 11.6 Å². The van der Waals surface area contributed by atoms with Crippen molar-refractivity contribution in [2.45, 2.75) is 6.92 Å². The first-order chi connectivity index (χ1) is 15.7. The predicted octanol–water partition coefficient (Wildman–Crippen LogP) is 5.73. The number of carbonyl (C=O) groups is 2. The number of halogens is 1. The average molecular weight is 461 g/mol. The van der Waals surface area contributed by atoms with Gasteiger partial charge in [-0.1, -0.05) is 41.4 Å². The first kappa shape index (κ1) is 22.0. The number of nitrogens with zero attached hydrogens (tertiary/aromatic N) is 2. The molecule has 0 spiro atoms. The zero-order valence-corrected chi connectivity index (χ0v) is 18.1. The van der Waals surface area contributed by atoms with Crippen LogP contribution in [0.2, 0.25) is 5.02 Å². The zero-order chi connectivity index (χ0) is 23.7. The summed E-state index contributed by atoms with van der Waals surface area (Å²) in [5, 5.41) is 20.5. The molecule has 0 aromatic heterocycles. The van der Waals surface area contributed by atoms with E-state index in [9.17, 15) is 24.8 Å². The molecule has 1 heterocycles. The molecule has 0 atom stereocenters. The lowest BCUT2D eigenvalue weighted by molar-refractivity contribution is -0.384. The van der Waals surface area contributed by atoms with Crippen LogP contribution in [0.5, 0.6) is 0 Å². The number of non-ortho nitro benzene ring substituents is 1. The number of benzene rings is 3. The lowest BCUT2D eigenvalue weighted by Gasteiger charge is -2.22. The van der Waals surface area contributed by atoms with Crippen molar-refractivity contribution in [3.05, 3.63) is 116 Å². The van der Waals surface area contributed by atoms with Gasteiger partial charge in [0.05, 0.1) is 26.9 Å². The molecular weight excluding hydrogens is 444 g/mol. The molecule has 7 nitrogen and oxygen atoms in total. The molecule has 3 aromatic rings. The molecule has 0 unspecified atom stereocenters. The van der Waals surface area contributed by atoms with E-state index < -0.39 is 16.8 Å². The number of hydrogen-bond acceptors (Lipinski definition) is 4. The topological polar surface area (TPSA) is 101 Å². The van der Waals surface area contributed by atoms with Crippen LogP contribution < -0.4 is 4.90 Å². The van der Waals surface area contributed by atoms with E-state index in [4.69, 9.17) is 11.6 Å². The maximum Gasteiger partial charge on any atom is 0.335 e. The highest BCUT2D eigenvalue weighted by Crippen LogP contribution is 2.39. The monoisotopic (exact) mass is 460 g/mol. The number of hydrogen-bond donors (Lipinski definition) is 1. The van der Waals surface area contributed by atoms with E-state index in [0.29, 0.717) is 16.8 Å². The van der Waals surface area contributed by atoms with E-state index in [2.05, 4.69) is 0 Å². The summed E-state index contributed by atoms with van der Waals surface area (Å²) in [7, 11) is 0. The minimum absolute atomic E-state index is 0.00162. The normalized spacial score (nSPS) is 14.5. The number of carbonyl (C=O) groups excluding carboxylic acids is 1. The quantitative estimate of drug-likeness (QED) is 0.298. The Morgan fingerprint density at radius 3 is 2.33 bits per heavy atom. The van der Waals surface area contributed by atoms with Gasteiger partial charge in [0.2, 0.25) is 0 Å². The second kappa shape index (κ2) is 8.72. The van der Waals surface area contributed by atoms with Gasteiger partial charge in [-0.3, -0.25) is 19.8 Å². The molecule has 1 aliphatic rings. The molecule has 164 valence electrons. The Balaban J connectivity index is 1.84. The fourth-order valence-corrected chi connectivity index (χ4v) is 3.68. The molecule has 0 saturated carbocycles. The summed E-state index contributed by atoms with van der Waals surface area (Å²) in [4.78, 5) is 36.8. The third kappa shape index (κ3) is 4.40. The van der Waals surface area contributed by atoms with Gasteiger partial charge in [0, 0.05) is 17.7 Å². The molecule has 1 N–H and O–H groups in total. The number of nitro benzene ring substituents is 1. The second-order valence-electron chi connectivity index (χ2n) is 7.46. The Morgan fingerprint density at radius 1 is 1.06 bits per heavy atom. The fraction of sp³-hybridized carbons (Fsp3) is 0.0400. The first-order valence-corrected chi connectivity index (χ1v) is 10.2. The highest BCUT2D eigenvalue weighted by Gasteiger charge is 2.32. The van der Waals surface area contributed by atoms with Crippen molar-refractivity contribution in [1.29, 1.82) is 0 Å². The SMILES string of the molecule is Cc1ccc(C2=C/C(=C\c3ccc([N+](=O)[O-])cc3)C(=O)N2c2cc(C(=O)O)ccc2Cl)cc1. The van der Waals surface area contributed by atoms with Crippen molar-refractivity contribution in [2.75, 3.05) is 4.90 Å². The van der Waals surface area contributed by atoms with Crippen molar-refractivity contribution in [2.24, 2.45) is 0 Å². The lowest BCUT2D eigenvalue weighted by atomic mass is 10.1. The number of anilines is 1. The van der Waals surface area contributed by atoms with Gasteiger partial charge in [-0.25, -0.2) is 4.79 Å². The highest BCUT2D eigenvalue weighted by atomic mass is 35.5. The Bertz CT molecular complexity index is 1340. The number of carboxylic acid groups (broad SMARTS) is 1. The summed E-state index contributed by atoms with van der Waals surface area (Å²) in [6, 6.07) is 17.6. The Labute approximate surface area is 194 Å². The number of rotatable bonds is 5. The zero-order valence-electron chi connectivity index (χ0n) is 17.4. The third-order valence-electron chi connectivity index (χ3n) is 5.19. The molecule has 0 radical (unpaired) electrons. The molecule has 0 fully saturated rings. The van der Waals surface area contributed by atoms with Crippen molar-refractivity contribution >= 4 is 46.6 Å². The maximum atomic E-state index is 13.5. The lowest BCUT2D eigenvalue weighted by Crippen LogP contribution is -2.25. The van der Waals surface area contributed by atoms with E-state index in [-0.39, 0.29) is 22.0 Å². The van der Waals surface area contributed by atoms with Crippen LogP contribution >= 0.6 is 11.6 Å². The largest absolute Gasteiger partial charge is 0.478 e. The number of amides is 1. The van der Waals surface area contributed by atoms with Crippen LogP contribution in [-0.2, 0) is 4.79 Å². The van der Waals surface area contributed by atoms with E-state index >= 15 is 0 Å². The molecule has 0 saturated heterocycles. The van der Waals surface area contributed by atoms with Gasteiger partial charge >= 0.3 is 5.97 Å². The number of nitro groups is 1. The summed E-state index contributed by atoms with van der Waals surface area (Å²) < 4.78 is 0. The van der Waals surface area contributed by atoms with Gasteiger partial charge < -0.3 is 5.11 Å². The molecule has 33 heavy (non-hydrogen) atoms. The van der Waals surface area contributed by atoms with Gasteiger partial charge in [0.15, 0.2) is 0 Å². The fourth-order valence-electron chi connectivity index (χ4n) is 3.48. The molecule has 3 aromatic carbocycles. The number of aromatic carboxylic acids is 1. The average Bonchev–Trinajstić information content (AvgIpc) is 3.10. The summed E-state index contributed by atoms with van der Waals surface area (Å²) in [6.07, 6.45) is 3.31. The van der Waals surface area contributed by atoms with Gasteiger partial charge in [0.1, 0.15) is 0 Å². The van der Waals surface area contributed by atoms with Crippen LogP contribution in [0.15, 0.2) is 78.4 Å². The van der Waals surface area contributed by atoms with Crippen molar-refractivity contribution in [1.82, 2.24) is 0 Å². The Kier molecular flexibility index (Phi) is 5.81. The van der Waals surface area contributed by atoms with Gasteiger partial charge in [-0.05, 0) is 60.5 Å². The molecule has 0 bridgehead atoms. The third-order valence-corrected chi connectivity index (χ3v) is 5.51. The van der Waals surface area contributed by atoms with E-state index in [1.807, 2.05) is 31.2 Å². The molecule has 4 rings (SSSR count). The van der Waals surface area contributed by atoms with Gasteiger partial charge in [-0.2, -0.15) is 0 Å². The van der Waals surface area contributed by atoms with Crippen LogP contribution in [0.4, 0.5) is 11.4 Å². The van der Waals surface area contributed by atoms with E-state index in [1.165, 1.54) is 35.2 Å². The standard InChI is InChI=1S/C25H17ClN2O5/c1-15-2-6-17(7-3-15)22-14-19(12-16-4-9-20(10-5-16)28(32)33)24(29)27(22)23-13-18(25(30)31)8-11-21(23)26/h2-14H,1H3,(H,30,31)/b19-12+. The molecule has 1 aliphatic heterocycles. The molecule has 1 amide bonds. The van der Waals surface area contributed by atoms with Gasteiger partial charge in [-0.15, -0.1) is 0 Å². The minimum atomic E-state index is -1.14. The van der Waals surface area contributed by atoms with Crippen LogP contribution in [0.25, 0.3) is 11.8 Å². The summed E-state index contributed by atoms with van der Waals surface area (Å²) in [5.74, 6) is -1.53. The van der Waals surface area contributed by atoms with Crippen LogP contribution in [-0.4, -0.2) is 21.9 Å². The van der Waals surface area contributed by atoms with Crippen LogP contribution in [0, 0.1) is 17.0 Å². The van der Waals surface area contributed by atoms with Crippen LogP contribution in [0.3, 0.4) is 0 Å². The highest BCUT2D eigenvalue weighted by molar-refractivity contribution is 6.36. The van der Waals surface area contributed by atoms with E-state index in [0.717, 1.165) is 11.1 Å². The van der Waals surface area contributed by atoms with Crippen molar-refractivity contribution in [3.8, 4) is 0 Å². The predicted molar refractivity (Wildman–Crippen MR) is 126 cm³/mol. The van der Waals surface area contributed by atoms with Crippen molar-refractivity contribution in [3.63, 3.8) is 0 Å². The smallest absolute Gasteiger partial charge is 0.335 e. The molecule has 8 heteroatoms. The second-order valence-corrected chi connectivity index (χ2v) is 7.86. The Morgan fingerprint density at radius 2 is 1.73 bits per heavy atom.